The SMILES string of the molecule is CCCCCOC(=O)c1cccc(C(=O)OCC2CCCCC2Cl)c1. The Morgan fingerprint density at radius 3 is 2.44 bits per heavy atom. The summed E-state index contributed by atoms with van der Waals surface area (Å²) >= 11 is 6.30. The van der Waals surface area contributed by atoms with Gasteiger partial charge in [-0.25, -0.2) is 9.59 Å². The van der Waals surface area contributed by atoms with Crippen LogP contribution in [0.3, 0.4) is 0 Å². The van der Waals surface area contributed by atoms with E-state index in [1.807, 2.05) is 0 Å². The zero-order chi connectivity index (χ0) is 18.1. The highest BCUT2D eigenvalue weighted by Gasteiger charge is 2.24. The van der Waals surface area contributed by atoms with E-state index in [0.29, 0.717) is 24.3 Å². The Labute approximate surface area is 154 Å². The van der Waals surface area contributed by atoms with Gasteiger partial charge in [0.25, 0.3) is 0 Å². The largest absolute Gasteiger partial charge is 0.462 e. The first-order valence-corrected chi connectivity index (χ1v) is 9.64. The summed E-state index contributed by atoms with van der Waals surface area (Å²) in [4.78, 5) is 24.3. The van der Waals surface area contributed by atoms with Crippen molar-refractivity contribution in [3.8, 4) is 0 Å². The number of ether oxygens (including phenoxy) is 2. The van der Waals surface area contributed by atoms with Crippen molar-refractivity contribution in [1.29, 1.82) is 0 Å². The molecule has 0 bridgehead atoms. The number of alkyl halides is 1. The normalized spacial score (nSPS) is 20.1. The number of carbonyl (C=O) groups excluding carboxylic acids is 2. The quantitative estimate of drug-likeness (QED) is 0.369. The molecule has 1 fully saturated rings. The summed E-state index contributed by atoms with van der Waals surface area (Å²) in [5.74, 6) is -0.611. The summed E-state index contributed by atoms with van der Waals surface area (Å²) in [6.45, 7) is 2.83. The molecule has 0 aromatic heterocycles. The fourth-order valence-corrected chi connectivity index (χ4v) is 3.34. The molecule has 0 saturated heterocycles. The van der Waals surface area contributed by atoms with Crippen LogP contribution in [-0.2, 0) is 9.47 Å². The van der Waals surface area contributed by atoms with Gasteiger partial charge < -0.3 is 9.47 Å². The van der Waals surface area contributed by atoms with Crippen LogP contribution >= 0.6 is 11.6 Å². The molecule has 1 aromatic carbocycles. The molecule has 25 heavy (non-hydrogen) atoms. The van der Waals surface area contributed by atoms with Gasteiger partial charge in [0.2, 0.25) is 0 Å². The van der Waals surface area contributed by atoms with Crippen LogP contribution in [0.5, 0.6) is 0 Å². The molecule has 5 heteroatoms. The van der Waals surface area contributed by atoms with Crippen LogP contribution in [0.25, 0.3) is 0 Å². The van der Waals surface area contributed by atoms with E-state index >= 15 is 0 Å². The third kappa shape index (κ3) is 6.35. The number of esters is 2. The predicted octanol–water partition coefficient (Wildman–Crippen LogP) is 4.99. The van der Waals surface area contributed by atoms with Gasteiger partial charge in [-0.3, -0.25) is 0 Å². The molecular formula is C20H27ClO4. The number of benzene rings is 1. The van der Waals surface area contributed by atoms with Gasteiger partial charge in [0.15, 0.2) is 0 Å². The van der Waals surface area contributed by atoms with Crippen molar-refractivity contribution in [1.82, 2.24) is 0 Å². The Morgan fingerprint density at radius 1 is 1.08 bits per heavy atom. The zero-order valence-corrected chi connectivity index (χ0v) is 15.6. The van der Waals surface area contributed by atoms with Crippen molar-refractivity contribution in [3.63, 3.8) is 0 Å². The Balaban J connectivity index is 1.86. The van der Waals surface area contributed by atoms with Crippen LogP contribution in [-0.4, -0.2) is 30.5 Å². The molecular weight excluding hydrogens is 340 g/mol. The first kappa shape index (κ1) is 19.8. The van der Waals surface area contributed by atoms with Crippen molar-refractivity contribution in [2.45, 2.75) is 57.2 Å². The van der Waals surface area contributed by atoms with Gasteiger partial charge in [0.05, 0.1) is 24.3 Å². The molecule has 1 aliphatic rings. The number of halogens is 1. The van der Waals surface area contributed by atoms with Crippen molar-refractivity contribution in [2.75, 3.05) is 13.2 Å². The lowest BCUT2D eigenvalue weighted by molar-refractivity contribution is 0.0414. The van der Waals surface area contributed by atoms with E-state index in [2.05, 4.69) is 6.92 Å². The summed E-state index contributed by atoms with van der Waals surface area (Å²) in [5, 5.41) is 0.0750. The fraction of sp³-hybridized carbons (Fsp3) is 0.600. The second kappa shape index (κ2) is 10.4. The summed E-state index contributed by atoms with van der Waals surface area (Å²) in [6, 6.07) is 6.50. The van der Waals surface area contributed by atoms with Crippen molar-refractivity contribution in [3.05, 3.63) is 35.4 Å². The first-order chi connectivity index (χ1) is 12.1. The summed E-state index contributed by atoms with van der Waals surface area (Å²) in [7, 11) is 0. The Kier molecular flexibility index (Phi) is 8.26. The van der Waals surface area contributed by atoms with E-state index in [1.165, 1.54) is 6.07 Å². The molecule has 4 nitrogen and oxygen atoms in total. The lowest BCUT2D eigenvalue weighted by Gasteiger charge is -2.26. The average molecular weight is 367 g/mol. The Hall–Kier alpha value is -1.55. The summed E-state index contributed by atoms with van der Waals surface area (Å²) < 4.78 is 10.6. The molecule has 0 spiro atoms. The minimum absolute atomic E-state index is 0.0750. The van der Waals surface area contributed by atoms with Crippen LogP contribution in [0.15, 0.2) is 24.3 Å². The maximum atomic E-state index is 12.3. The molecule has 0 aliphatic heterocycles. The number of carbonyl (C=O) groups is 2. The third-order valence-electron chi connectivity index (χ3n) is 4.56. The predicted molar refractivity (Wildman–Crippen MR) is 98.1 cm³/mol. The maximum Gasteiger partial charge on any atom is 0.338 e. The molecule has 2 rings (SSSR count). The van der Waals surface area contributed by atoms with E-state index in [4.69, 9.17) is 21.1 Å². The van der Waals surface area contributed by atoms with Crippen LogP contribution in [0, 0.1) is 5.92 Å². The summed E-state index contributed by atoms with van der Waals surface area (Å²) in [5.41, 5.74) is 0.740. The minimum atomic E-state index is -0.421. The summed E-state index contributed by atoms with van der Waals surface area (Å²) in [6.07, 6.45) is 7.19. The molecule has 0 amide bonds. The van der Waals surface area contributed by atoms with Crippen LogP contribution in [0.4, 0.5) is 0 Å². The number of unbranched alkanes of at least 4 members (excludes halogenated alkanes) is 2. The highest BCUT2D eigenvalue weighted by molar-refractivity contribution is 6.20. The monoisotopic (exact) mass is 366 g/mol. The van der Waals surface area contributed by atoms with Gasteiger partial charge in [-0.05, 0) is 37.5 Å². The van der Waals surface area contributed by atoms with Crippen molar-refractivity contribution < 1.29 is 19.1 Å². The molecule has 0 radical (unpaired) electrons. The highest BCUT2D eigenvalue weighted by Crippen LogP contribution is 2.29. The van der Waals surface area contributed by atoms with Crippen LogP contribution < -0.4 is 0 Å². The average Bonchev–Trinajstić information content (AvgIpc) is 2.64. The smallest absolute Gasteiger partial charge is 0.338 e. The lowest BCUT2D eigenvalue weighted by Crippen LogP contribution is -2.25. The van der Waals surface area contributed by atoms with E-state index in [-0.39, 0.29) is 11.3 Å². The third-order valence-corrected chi connectivity index (χ3v) is 5.13. The van der Waals surface area contributed by atoms with E-state index in [1.54, 1.807) is 18.2 Å². The first-order valence-electron chi connectivity index (χ1n) is 9.20. The standard InChI is InChI=1S/C20H27ClO4/c1-2-3-6-12-24-19(22)15-9-7-10-16(13-15)20(23)25-14-17-8-4-5-11-18(17)21/h7,9-10,13,17-18H,2-6,8,11-12,14H2,1H3. The number of hydrogen-bond donors (Lipinski definition) is 0. The Morgan fingerprint density at radius 2 is 1.76 bits per heavy atom. The lowest BCUT2D eigenvalue weighted by atomic mass is 9.89. The van der Waals surface area contributed by atoms with E-state index in [0.717, 1.165) is 44.9 Å². The molecule has 0 heterocycles. The van der Waals surface area contributed by atoms with Crippen LogP contribution in [0.2, 0.25) is 0 Å². The number of hydrogen-bond acceptors (Lipinski definition) is 4. The molecule has 1 aliphatic carbocycles. The molecule has 1 saturated carbocycles. The molecule has 138 valence electrons. The second-order valence-electron chi connectivity index (χ2n) is 6.58. The Bertz CT molecular complexity index is 573. The highest BCUT2D eigenvalue weighted by atomic mass is 35.5. The van der Waals surface area contributed by atoms with Gasteiger partial charge >= 0.3 is 11.9 Å². The minimum Gasteiger partial charge on any atom is -0.462 e. The van der Waals surface area contributed by atoms with E-state index < -0.39 is 11.9 Å². The maximum absolute atomic E-state index is 12.3. The van der Waals surface area contributed by atoms with Gasteiger partial charge in [-0.1, -0.05) is 38.7 Å². The van der Waals surface area contributed by atoms with Crippen LogP contribution in [0.1, 0.15) is 72.6 Å². The number of rotatable bonds is 8. The molecule has 2 unspecified atom stereocenters. The van der Waals surface area contributed by atoms with Crippen molar-refractivity contribution in [2.24, 2.45) is 5.92 Å². The van der Waals surface area contributed by atoms with Gasteiger partial charge in [-0.2, -0.15) is 0 Å². The van der Waals surface area contributed by atoms with E-state index in [9.17, 15) is 9.59 Å². The fourth-order valence-electron chi connectivity index (χ4n) is 2.99. The molecule has 1 aromatic rings. The van der Waals surface area contributed by atoms with Gasteiger partial charge in [0.1, 0.15) is 0 Å². The zero-order valence-electron chi connectivity index (χ0n) is 14.8. The van der Waals surface area contributed by atoms with Gasteiger partial charge in [0, 0.05) is 11.3 Å². The van der Waals surface area contributed by atoms with Gasteiger partial charge in [-0.15, -0.1) is 11.6 Å². The topological polar surface area (TPSA) is 52.6 Å². The molecule has 2 atom stereocenters. The van der Waals surface area contributed by atoms with Crippen molar-refractivity contribution >= 4 is 23.5 Å². The molecule has 0 N–H and O–H groups in total. The second-order valence-corrected chi connectivity index (χ2v) is 7.14.